The first-order valence-corrected chi connectivity index (χ1v) is 8.04. The molecule has 17 heavy (non-hydrogen) atoms. The van der Waals surface area contributed by atoms with Crippen molar-refractivity contribution in [3.05, 3.63) is 0 Å². The minimum absolute atomic E-state index is 0.0367. The SMILES string of the molecule is CCN(C(=O)CC1CCS(=O)(=O)C1)C1CNC1. The Kier molecular flexibility index (Phi) is 3.73. The predicted molar refractivity (Wildman–Crippen MR) is 65.4 cm³/mol. The van der Waals surface area contributed by atoms with E-state index in [1.54, 1.807) is 0 Å². The van der Waals surface area contributed by atoms with Crippen LogP contribution in [0.15, 0.2) is 0 Å². The molecule has 6 heteroatoms. The van der Waals surface area contributed by atoms with E-state index in [4.69, 9.17) is 0 Å². The van der Waals surface area contributed by atoms with E-state index in [1.165, 1.54) is 0 Å². The third-order valence-corrected chi connectivity index (χ3v) is 5.49. The van der Waals surface area contributed by atoms with Gasteiger partial charge in [0.2, 0.25) is 5.91 Å². The fraction of sp³-hybridized carbons (Fsp3) is 0.909. The molecule has 0 radical (unpaired) electrons. The van der Waals surface area contributed by atoms with E-state index >= 15 is 0 Å². The second-order valence-corrected chi connectivity index (χ2v) is 7.19. The fourth-order valence-corrected chi connectivity index (χ4v) is 4.39. The van der Waals surface area contributed by atoms with Crippen LogP contribution in [0.1, 0.15) is 19.8 Å². The van der Waals surface area contributed by atoms with Gasteiger partial charge in [-0.1, -0.05) is 0 Å². The Morgan fingerprint density at radius 3 is 2.53 bits per heavy atom. The fourth-order valence-electron chi connectivity index (χ4n) is 2.53. The molecule has 1 atom stereocenters. The number of hydrogen-bond acceptors (Lipinski definition) is 4. The van der Waals surface area contributed by atoms with Gasteiger partial charge in [-0.05, 0) is 19.3 Å². The van der Waals surface area contributed by atoms with Gasteiger partial charge in [-0.3, -0.25) is 4.79 Å². The maximum Gasteiger partial charge on any atom is 0.223 e. The van der Waals surface area contributed by atoms with Crippen LogP contribution in [-0.4, -0.2) is 56.4 Å². The van der Waals surface area contributed by atoms with Crippen molar-refractivity contribution in [1.29, 1.82) is 0 Å². The quantitative estimate of drug-likeness (QED) is 0.749. The Morgan fingerprint density at radius 1 is 1.41 bits per heavy atom. The molecule has 2 heterocycles. The van der Waals surface area contributed by atoms with Crippen LogP contribution in [-0.2, 0) is 14.6 Å². The van der Waals surface area contributed by atoms with Crippen molar-refractivity contribution in [2.45, 2.75) is 25.8 Å². The number of likely N-dealkylation sites (N-methyl/N-ethyl adjacent to an activating group) is 1. The third kappa shape index (κ3) is 2.98. The summed E-state index contributed by atoms with van der Waals surface area (Å²) in [6.07, 6.45) is 1.04. The van der Waals surface area contributed by atoms with E-state index in [1.807, 2.05) is 11.8 Å². The maximum absolute atomic E-state index is 12.1. The number of rotatable bonds is 4. The Morgan fingerprint density at radius 2 is 2.12 bits per heavy atom. The van der Waals surface area contributed by atoms with Crippen molar-refractivity contribution in [1.82, 2.24) is 10.2 Å². The summed E-state index contributed by atoms with van der Waals surface area (Å²) in [7, 11) is -2.87. The summed E-state index contributed by atoms with van der Waals surface area (Å²) in [6.45, 7) is 4.41. The topological polar surface area (TPSA) is 66.5 Å². The van der Waals surface area contributed by atoms with Gasteiger partial charge in [-0.2, -0.15) is 0 Å². The molecule has 2 aliphatic heterocycles. The summed E-state index contributed by atoms with van der Waals surface area (Å²) in [5.41, 5.74) is 0. The van der Waals surface area contributed by atoms with Gasteiger partial charge in [0.05, 0.1) is 17.5 Å². The minimum atomic E-state index is -2.87. The zero-order valence-corrected chi connectivity index (χ0v) is 11.0. The van der Waals surface area contributed by atoms with Crippen LogP contribution in [0.25, 0.3) is 0 Å². The Labute approximate surface area is 102 Å². The molecule has 1 unspecified atom stereocenters. The van der Waals surface area contributed by atoms with Crippen LogP contribution in [0.3, 0.4) is 0 Å². The average molecular weight is 260 g/mol. The minimum Gasteiger partial charge on any atom is -0.337 e. The molecule has 0 aromatic carbocycles. The lowest BCUT2D eigenvalue weighted by molar-refractivity contribution is -0.135. The van der Waals surface area contributed by atoms with Gasteiger partial charge in [0.25, 0.3) is 0 Å². The number of amides is 1. The monoisotopic (exact) mass is 260 g/mol. The van der Waals surface area contributed by atoms with Crippen LogP contribution >= 0.6 is 0 Å². The van der Waals surface area contributed by atoms with Crippen LogP contribution in [0.2, 0.25) is 0 Å². The molecule has 0 aromatic rings. The summed E-state index contributed by atoms with van der Waals surface area (Å²) >= 11 is 0. The van der Waals surface area contributed by atoms with Gasteiger partial charge >= 0.3 is 0 Å². The predicted octanol–water partition coefficient (Wildman–Crippen LogP) is -0.368. The standard InChI is InChI=1S/C11H20N2O3S/c1-2-13(10-6-12-7-10)11(14)5-9-3-4-17(15,16)8-9/h9-10,12H,2-8H2,1H3. The Balaban J connectivity index is 1.87. The largest absolute Gasteiger partial charge is 0.337 e. The summed E-state index contributed by atoms with van der Waals surface area (Å²) in [5.74, 6) is 0.594. The second kappa shape index (κ2) is 4.94. The van der Waals surface area contributed by atoms with Crippen LogP contribution in [0.5, 0.6) is 0 Å². The second-order valence-electron chi connectivity index (χ2n) is 4.97. The van der Waals surface area contributed by atoms with Gasteiger partial charge in [0.1, 0.15) is 0 Å². The molecule has 2 fully saturated rings. The number of nitrogens with zero attached hydrogens (tertiary/aromatic N) is 1. The van der Waals surface area contributed by atoms with Gasteiger partial charge in [-0.15, -0.1) is 0 Å². The van der Waals surface area contributed by atoms with E-state index in [-0.39, 0.29) is 23.3 Å². The molecule has 5 nitrogen and oxygen atoms in total. The molecule has 0 spiro atoms. The smallest absolute Gasteiger partial charge is 0.223 e. The van der Waals surface area contributed by atoms with E-state index in [9.17, 15) is 13.2 Å². The van der Waals surface area contributed by atoms with Gasteiger partial charge < -0.3 is 10.2 Å². The average Bonchev–Trinajstić information content (AvgIpc) is 2.51. The van der Waals surface area contributed by atoms with E-state index in [0.717, 1.165) is 13.1 Å². The van der Waals surface area contributed by atoms with Crippen molar-refractivity contribution in [2.75, 3.05) is 31.1 Å². The molecule has 2 rings (SSSR count). The Bertz CT molecular complexity index is 390. The van der Waals surface area contributed by atoms with Crippen LogP contribution in [0.4, 0.5) is 0 Å². The third-order valence-electron chi connectivity index (χ3n) is 3.65. The lowest BCUT2D eigenvalue weighted by atomic mass is 10.0. The van der Waals surface area contributed by atoms with Crippen molar-refractivity contribution in [2.24, 2.45) is 5.92 Å². The van der Waals surface area contributed by atoms with E-state index in [0.29, 0.717) is 25.4 Å². The first kappa shape index (κ1) is 12.8. The highest BCUT2D eigenvalue weighted by atomic mass is 32.2. The first-order chi connectivity index (χ1) is 8.02. The lowest BCUT2D eigenvalue weighted by Gasteiger charge is -2.38. The molecule has 1 amide bonds. The molecule has 2 aliphatic rings. The summed E-state index contributed by atoms with van der Waals surface area (Å²) < 4.78 is 22.7. The molecular weight excluding hydrogens is 240 g/mol. The lowest BCUT2D eigenvalue weighted by Crippen LogP contribution is -2.58. The van der Waals surface area contributed by atoms with Crippen LogP contribution in [0, 0.1) is 5.92 Å². The van der Waals surface area contributed by atoms with Gasteiger partial charge in [-0.25, -0.2) is 8.42 Å². The molecule has 1 N–H and O–H groups in total. The molecule has 98 valence electrons. The van der Waals surface area contributed by atoms with Crippen molar-refractivity contribution >= 4 is 15.7 Å². The summed E-state index contributed by atoms with van der Waals surface area (Å²) in [4.78, 5) is 14.0. The van der Waals surface area contributed by atoms with Crippen molar-refractivity contribution in [3.63, 3.8) is 0 Å². The summed E-state index contributed by atoms with van der Waals surface area (Å²) in [6, 6.07) is 0.311. The van der Waals surface area contributed by atoms with E-state index in [2.05, 4.69) is 5.32 Å². The molecule has 0 bridgehead atoms. The highest BCUT2D eigenvalue weighted by Crippen LogP contribution is 2.23. The zero-order valence-electron chi connectivity index (χ0n) is 10.2. The number of hydrogen-bond donors (Lipinski definition) is 1. The molecule has 0 aromatic heterocycles. The highest BCUT2D eigenvalue weighted by Gasteiger charge is 2.33. The normalized spacial score (nSPS) is 27.7. The van der Waals surface area contributed by atoms with Crippen molar-refractivity contribution in [3.8, 4) is 0 Å². The van der Waals surface area contributed by atoms with Gasteiger partial charge in [0.15, 0.2) is 9.84 Å². The number of carbonyl (C=O) groups excluding carboxylic acids is 1. The number of sulfone groups is 1. The molecule has 0 aliphatic carbocycles. The van der Waals surface area contributed by atoms with Gasteiger partial charge in [0, 0.05) is 26.1 Å². The van der Waals surface area contributed by atoms with Crippen LogP contribution < -0.4 is 5.32 Å². The number of nitrogens with one attached hydrogen (secondary N) is 1. The highest BCUT2D eigenvalue weighted by molar-refractivity contribution is 7.91. The van der Waals surface area contributed by atoms with Crippen molar-refractivity contribution < 1.29 is 13.2 Å². The molecule has 0 saturated carbocycles. The number of carbonyl (C=O) groups is 1. The van der Waals surface area contributed by atoms with E-state index < -0.39 is 9.84 Å². The maximum atomic E-state index is 12.1. The molecular formula is C11H20N2O3S. The zero-order chi connectivity index (χ0) is 12.5. The molecule has 2 saturated heterocycles. The Hall–Kier alpha value is -0.620. The summed E-state index contributed by atoms with van der Waals surface area (Å²) in [5, 5.41) is 3.15. The first-order valence-electron chi connectivity index (χ1n) is 6.22.